The maximum Gasteiger partial charge on any atom is 0.315 e. The van der Waals surface area contributed by atoms with Crippen molar-refractivity contribution in [1.29, 1.82) is 0 Å². The van der Waals surface area contributed by atoms with Gasteiger partial charge in [0.1, 0.15) is 5.78 Å². The zero-order chi connectivity index (χ0) is 53.2. The van der Waals surface area contributed by atoms with Gasteiger partial charge in [-0.25, -0.2) is 4.79 Å². The van der Waals surface area contributed by atoms with E-state index >= 15 is 0 Å². The topological polar surface area (TPSA) is 58.2 Å². The van der Waals surface area contributed by atoms with Crippen LogP contribution in [0, 0.1) is 62.1 Å². The Labute approximate surface area is 487 Å². The van der Waals surface area contributed by atoms with Crippen molar-refractivity contribution in [3.05, 3.63) is 0 Å². The number of amides is 2. The van der Waals surface area contributed by atoms with Crippen molar-refractivity contribution in [2.24, 2.45) is 49.2 Å². The van der Waals surface area contributed by atoms with Gasteiger partial charge in [-0.05, 0) is 197 Å². The summed E-state index contributed by atoms with van der Waals surface area (Å²) >= 11 is 1.96. The molecule has 8 spiro atoms. The molecular weight excluding hydrogens is 969 g/mol. The minimum absolute atomic E-state index is 0. The first-order valence-electron chi connectivity index (χ1n) is 35.1. The Morgan fingerprint density at radius 3 is 1.01 bits per heavy atom. The van der Waals surface area contributed by atoms with Crippen LogP contribution in [0.25, 0.3) is 0 Å². The van der Waals surface area contributed by atoms with Crippen molar-refractivity contribution in [3.63, 3.8) is 0 Å². The number of thioether (sulfide) groups is 1. The Morgan fingerprint density at radius 2 is 0.705 bits per heavy atom. The van der Waals surface area contributed by atoms with Gasteiger partial charge in [0.05, 0.1) is 12.1 Å². The summed E-state index contributed by atoms with van der Waals surface area (Å²) < 4.78 is 0. The van der Waals surface area contributed by atoms with Crippen LogP contribution in [0.3, 0.4) is 0 Å². The summed E-state index contributed by atoms with van der Waals surface area (Å²) in [6, 6.07) is 0.611. The molecule has 10 saturated carbocycles. The molecule has 78 heavy (non-hydrogen) atoms. The summed E-state index contributed by atoms with van der Waals surface area (Å²) in [5.74, 6) is 1.90. The number of hydrogen-bond acceptors (Lipinski definition) is 3. The summed E-state index contributed by atoms with van der Waals surface area (Å²) in [4.78, 5) is 23.0. The summed E-state index contributed by atoms with van der Waals surface area (Å²) in [6.45, 7) is 0. The molecular formula is C73H124N2O2S. The van der Waals surface area contributed by atoms with Gasteiger partial charge in [0.2, 0.25) is 0 Å². The SMILES string of the molecule is C.C#C.C1CCCCCCCCC2(CCCCCCCC1)CC1(C2)CC2(C1)CC1(C2)CC2(CC3(CC4(CCCCCCCCCCC5(CCCCCC4)CCC5)C3)C2)C1.O=C1NC2CS[C@H](CCCCC(=O)C3CCC3)C2N1. The largest absolute Gasteiger partial charge is 0.332 e. The van der Waals surface area contributed by atoms with E-state index in [1.807, 2.05) is 11.8 Å². The second-order valence-corrected chi connectivity index (χ2v) is 33.3. The van der Waals surface area contributed by atoms with E-state index in [9.17, 15) is 9.59 Å². The van der Waals surface area contributed by atoms with E-state index in [0.29, 0.717) is 29.0 Å². The number of rotatable bonds is 6. The lowest BCUT2D eigenvalue weighted by Gasteiger charge is -2.81. The summed E-state index contributed by atoms with van der Waals surface area (Å²) in [7, 11) is 0. The predicted octanol–water partition coefficient (Wildman–Crippen LogP) is 21.7. The van der Waals surface area contributed by atoms with E-state index in [0.717, 1.165) is 87.6 Å². The lowest BCUT2D eigenvalue weighted by atomic mass is 9.23. The van der Waals surface area contributed by atoms with Crippen LogP contribution in [-0.4, -0.2) is 34.9 Å². The van der Waals surface area contributed by atoms with Gasteiger partial charge < -0.3 is 10.6 Å². The number of fused-ring (bicyclic) bond motifs is 1. The molecule has 2 saturated heterocycles. The number of urea groups is 1. The number of carbonyl (C=O) groups excluding carboxylic acids is 2. The molecule has 12 fully saturated rings. The van der Waals surface area contributed by atoms with E-state index in [1.165, 1.54) is 148 Å². The van der Waals surface area contributed by atoms with Gasteiger partial charge in [-0.1, -0.05) is 200 Å². The predicted molar refractivity (Wildman–Crippen MR) is 334 cm³/mol. The molecule has 12 rings (SSSR count). The second kappa shape index (κ2) is 27.7. The maximum absolute atomic E-state index is 11.8. The lowest BCUT2D eigenvalue weighted by Crippen LogP contribution is -2.71. The molecule has 0 aromatic heterocycles. The minimum Gasteiger partial charge on any atom is -0.332 e. The highest BCUT2D eigenvalue weighted by atomic mass is 32.2. The fourth-order valence-corrected chi connectivity index (χ4v) is 24.2. The first-order chi connectivity index (χ1) is 37.6. The Bertz CT molecular complexity index is 1830. The van der Waals surface area contributed by atoms with Crippen LogP contribution in [0.1, 0.15) is 361 Å². The Balaban J connectivity index is 0.000000282. The fourth-order valence-electron chi connectivity index (χ4n) is 22.7. The van der Waals surface area contributed by atoms with Crippen molar-refractivity contribution in [1.82, 2.24) is 10.6 Å². The summed E-state index contributed by atoms with van der Waals surface area (Å²) in [5.41, 5.74) is 6.50. The zero-order valence-corrected chi connectivity index (χ0v) is 51.1. The van der Waals surface area contributed by atoms with E-state index in [-0.39, 0.29) is 13.5 Å². The van der Waals surface area contributed by atoms with Crippen molar-refractivity contribution < 1.29 is 9.59 Å². The van der Waals surface area contributed by atoms with Gasteiger partial charge in [-0.15, -0.1) is 12.8 Å². The molecule has 2 N–H and O–H groups in total. The molecule has 0 radical (unpaired) electrons. The Hall–Kier alpha value is -1.15. The maximum atomic E-state index is 11.8. The molecule has 12 aliphatic rings. The fraction of sp³-hybridized carbons (Fsp3) is 0.945. The number of hydrogen-bond donors (Lipinski definition) is 2. The van der Waals surface area contributed by atoms with Gasteiger partial charge in [0, 0.05) is 23.3 Å². The van der Waals surface area contributed by atoms with Gasteiger partial charge in [-0.2, -0.15) is 11.8 Å². The first kappa shape index (κ1) is 61.4. The molecule has 2 amide bonds. The van der Waals surface area contributed by atoms with Crippen molar-refractivity contribution in [3.8, 4) is 12.8 Å². The molecule has 444 valence electrons. The van der Waals surface area contributed by atoms with Gasteiger partial charge >= 0.3 is 6.03 Å². The smallest absolute Gasteiger partial charge is 0.315 e. The number of terminal acetylenes is 1. The zero-order valence-electron chi connectivity index (χ0n) is 50.3. The highest BCUT2D eigenvalue weighted by Crippen LogP contribution is 2.87. The van der Waals surface area contributed by atoms with Crippen LogP contribution >= 0.6 is 11.8 Å². The van der Waals surface area contributed by atoms with E-state index in [4.69, 9.17) is 0 Å². The van der Waals surface area contributed by atoms with E-state index in [1.54, 1.807) is 167 Å². The van der Waals surface area contributed by atoms with Crippen molar-refractivity contribution >= 4 is 23.6 Å². The van der Waals surface area contributed by atoms with Crippen molar-refractivity contribution in [2.45, 2.75) is 378 Å². The summed E-state index contributed by atoms with van der Waals surface area (Å²) in [6.07, 6.45) is 91.0. The average molecular weight is 1090 g/mol. The molecule has 0 aromatic rings. The third kappa shape index (κ3) is 15.0. The lowest BCUT2D eigenvalue weighted by molar-refractivity contribution is -0.309. The Kier molecular flexibility index (Phi) is 21.8. The molecule has 2 aliphatic heterocycles. The Morgan fingerprint density at radius 1 is 0.397 bits per heavy atom. The average Bonchev–Trinajstić information content (AvgIpc) is 2.79. The second-order valence-electron chi connectivity index (χ2n) is 32.0. The number of unbranched alkanes of at least 4 members (excludes halogenated alkanes) is 1. The molecule has 0 aromatic carbocycles. The van der Waals surface area contributed by atoms with Crippen LogP contribution in [0.4, 0.5) is 4.79 Å². The number of nitrogens with one attached hydrogen (secondary N) is 2. The summed E-state index contributed by atoms with van der Waals surface area (Å²) in [5, 5.41) is 6.50. The molecule has 2 heterocycles. The van der Waals surface area contributed by atoms with Gasteiger partial charge in [0.25, 0.3) is 0 Å². The van der Waals surface area contributed by atoms with Gasteiger partial charge in [0.15, 0.2) is 0 Å². The third-order valence-corrected chi connectivity index (χ3v) is 26.8. The minimum atomic E-state index is -0.0135. The normalized spacial score (nSPS) is 32.8. The number of Topliss-reactive ketones (excluding diaryl/α,β-unsaturated/α-hetero) is 1. The molecule has 5 heteroatoms. The van der Waals surface area contributed by atoms with E-state index < -0.39 is 0 Å². The first-order valence-corrected chi connectivity index (χ1v) is 36.1. The monoisotopic (exact) mass is 1090 g/mol. The number of ketones is 1. The van der Waals surface area contributed by atoms with Crippen LogP contribution in [0.5, 0.6) is 0 Å². The molecule has 4 nitrogen and oxygen atoms in total. The van der Waals surface area contributed by atoms with Crippen molar-refractivity contribution in [2.75, 3.05) is 5.75 Å². The van der Waals surface area contributed by atoms with E-state index in [2.05, 4.69) is 23.5 Å². The third-order valence-electron chi connectivity index (χ3n) is 25.3. The molecule has 3 atom stereocenters. The van der Waals surface area contributed by atoms with Gasteiger partial charge in [-0.3, -0.25) is 4.79 Å². The van der Waals surface area contributed by atoms with Crippen LogP contribution < -0.4 is 10.6 Å². The van der Waals surface area contributed by atoms with Crippen LogP contribution in [0.15, 0.2) is 0 Å². The number of carbonyl (C=O) groups is 2. The molecule has 0 bridgehead atoms. The standard InChI is InChI=1S/C56H96.C14H22N2O2S.C2H2.CH4/c1-2-4-6-8-13-17-24-31-50(32-25-18-14-9-7-5-3-1)37-52(38-50)41-54(42-52)45-56(46-54)47-55(48-56)43-53(44-55)39-51(40-53)33-26-19-15-11-10-12-16-22-29-49(35-28-36-49)30-23-20-21-27-34-51;17-11(9-4-3-5-9)6-1-2-7-12-13-10(8-19-12)15-14(18)16-13;1-2;/h1-48H2;9-10,12-13H,1-8H2,(H2,15,16,18);1-2H;1H4/t;10?,12-,13?;;/m.1../s1. The van der Waals surface area contributed by atoms with Crippen LogP contribution in [-0.2, 0) is 4.79 Å². The highest BCUT2D eigenvalue weighted by molar-refractivity contribution is 8.00. The van der Waals surface area contributed by atoms with Crippen LogP contribution in [0.2, 0.25) is 0 Å². The highest BCUT2D eigenvalue weighted by Gasteiger charge is 2.76. The molecule has 10 aliphatic carbocycles. The quantitative estimate of drug-likeness (QED) is 0.158. The molecule has 2 unspecified atom stereocenters.